The first-order valence-electron chi connectivity index (χ1n) is 10.2. The predicted molar refractivity (Wildman–Crippen MR) is 116 cm³/mol. The van der Waals surface area contributed by atoms with E-state index in [2.05, 4.69) is 4.98 Å². The minimum Gasteiger partial charge on any atom is -0.369 e. The Hall–Kier alpha value is -3.47. The lowest BCUT2D eigenvalue weighted by molar-refractivity contribution is -0.136. The van der Waals surface area contributed by atoms with Crippen LogP contribution < -0.4 is 5.73 Å². The number of pyridine rings is 1. The second-order valence-corrected chi connectivity index (χ2v) is 7.78. The number of carbonyl (C=O) groups excluding carboxylic acids is 2. The summed E-state index contributed by atoms with van der Waals surface area (Å²) in [6.45, 7) is 0.839. The summed E-state index contributed by atoms with van der Waals surface area (Å²) >= 11 is 0. The molecule has 0 aliphatic carbocycles. The Labute approximate surface area is 176 Å². The predicted octanol–water partition coefficient (Wildman–Crippen LogP) is 3.26. The fourth-order valence-electron chi connectivity index (χ4n) is 4.38. The zero-order chi connectivity index (χ0) is 21.0. The smallest absolute Gasteiger partial charge is 0.234 e. The molecule has 1 saturated heterocycles. The average Bonchev–Trinajstić information content (AvgIpc) is 2.81. The van der Waals surface area contributed by atoms with Gasteiger partial charge in [0.2, 0.25) is 11.8 Å². The number of carbonyl (C=O) groups is 2. The minimum absolute atomic E-state index is 0.0198. The summed E-state index contributed by atoms with van der Waals surface area (Å²) in [5.74, 6) is -0.886. The summed E-state index contributed by atoms with van der Waals surface area (Å²) < 4.78 is 0. The van der Waals surface area contributed by atoms with Crippen molar-refractivity contribution in [2.45, 2.75) is 24.2 Å². The molecular formula is C25H25N3O2. The Balaban J connectivity index is 1.71. The molecule has 30 heavy (non-hydrogen) atoms. The number of nitrogens with zero attached hydrogens (tertiary/aromatic N) is 2. The minimum atomic E-state index is -0.965. The number of benzene rings is 2. The van der Waals surface area contributed by atoms with Crippen molar-refractivity contribution in [2.75, 3.05) is 13.1 Å². The van der Waals surface area contributed by atoms with Gasteiger partial charge in [0.15, 0.2) is 0 Å². The Morgan fingerprint density at radius 3 is 2.03 bits per heavy atom. The van der Waals surface area contributed by atoms with Crippen molar-refractivity contribution < 1.29 is 9.59 Å². The van der Waals surface area contributed by atoms with Gasteiger partial charge < -0.3 is 10.6 Å². The summed E-state index contributed by atoms with van der Waals surface area (Å²) in [4.78, 5) is 32.6. The molecule has 5 heteroatoms. The molecule has 4 rings (SSSR count). The van der Waals surface area contributed by atoms with E-state index in [9.17, 15) is 9.59 Å². The van der Waals surface area contributed by atoms with Gasteiger partial charge >= 0.3 is 0 Å². The van der Waals surface area contributed by atoms with Crippen LogP contribution in [-0.2, 0) is 15.0 Å². The highest BCUT2D eigenvalue weighted by atomic mass is 16.2. The molecule has 1 aliphatic rings. The Morgan fingerprint density at radius 1 is 0.900 bits per heavy atom. The molecule has 5 nitrogen and oxygen atoms in total. The van der Waals surface area contributed by atoms with Crippen LogP contribution in [0.2, 0.25) is 0 Å². The highest BCUT2D eigenvalue weighted by molar-refractivity contribution is 5.90. The lowest BCUT2D eigenvalue weighted by Crippen LogP contribution is -2.56. The molecule has 0 saturated carbocycles. The molecule has 1 aliphatic heterocycles. The second-order valence-electron chi connectivity index (χ2n) is 7.78. The maximum absolute atomic E-state index is 13.8. The van der Waals surface area contributed by atoms with Crippen LogP contribution in [0.25, 0.3) is 0 Å². The third-order valence-electron chi connectivity index (χ3n) is 5.94. The van der Waals surface area contributed by atoms with Crippen LogP contribution in [0.3, 0.4) is 0 Å². The lowest BCUT2D eigenvalue weighted by Gasteiger charge is -2.41. The largest absolute Gasteiger partial charge is 0.369 e. The molecule has 2 heterocycles. The molecule has 1 atom stereocenters. The van der Waals surface area contributed by atoms with E-state index in [-0.39, 0.29) is 12.5 Å². The molecular weight excluding hydrogens is 374 g/mol. The number of likely N-dealkylation sites (tertiary alicyclic amines) is 1. The van der Waals surface area contributed by atoms with Gasteiger partial charge in [-0.15, -0.1) is 0 Å². The van der Waals surface area contributed by atoms with Crippen LogP contribution in [0.4, 0.5) is 0 Å². The second kappa shape index (κ2) is 8.49. The number of hydrogen-bond acceptors (Lipinski definition) is 3. The van der Waals surface area contributed by atoms with Gasteiger partial charge in [-0.2, -0.15) is 0 Å². The summed E-state index contributed by atoms with van der Waals surface area (Å²) in [7, 11) is 0. The maximum Gasteiger partial charge on any atom is 0.234 e. The number of aromatic nitrogens is 1. The molecule has 2 aromatic carbocycles. The third kappa shape index (κ3) is 3.71. The molecule has 1 aromatic heterocycles. The van der Waals surface area contributed by atoms with Crippen molar-refractivity contribution >= 4 is 11.8 Å². The normalized spacial score (nSPS) is 18.9. The summed E-state index contributed by atoms with van der Waals surface area (Å²) in [6.07, 6.45) is 2.95. The molecule has 3 aromatic rings. The quantitative estimate of drug-likeness (QED) is 0.715. The first kappa shape index (κ1) is 19.8. The van der Waals surface area contributed by atoms with Crippen LogP contribution in [0.15, 0.2) is 85.1 Å². The third-order valence-corrected chi connectivity index (χ3v) is 5.94. The molecule has 152 valence electrons. The highest BCUT2D eigenvalue weighted by Crippen LogP contribution is 2.35. The SMILES string of the molecule is NC(=O)[C@@]1(c2ccccn2)CCCN(C(=O)C(c2ccccc2)c2ccccc2)C1. The molecule has 0 bridgehead atoms. The van der Waals surface area contributed by atoms with E-state index in [1.807, 2.05) is 78.9 Å². The fourth-order valence-corrected chi connectivity index (χ4v) is 4.38. The fraction of sp³-hybridized carbons (Fsp3) is 0.240. The molecule has 1 fully saturated rings. The van der Waals surface area contributed by atoms with Crippen molar-refractivity contribution in [2.24, 2.45) is 5.73 Å². The van der Waals surface area contributed by atoms with E-state index in [4.69, 9.17) is 5.73 Å². The summed E-state index contributed by atoms with van der Waals surface area (Å²) in [5.41, 5.74) is 7.41. The Kier molecular flexibility index (Phi) is 5.61. The number of amides is 2. The van der Waals surface area contributed by atoms with Crippen molar-refractivity contribution in [1.29, 1.82) is 0 Å². The van der Waals surface area contributed by atoms with Crippen LogP contribution in [-0.4, -0.2) is 34.8 Å². The van der Waals surface area contributed by atoms with Gasteiger partial charge in [-0.1, -0.05) is 66.7 Å². The van der Waals surface area contributed by atoms with Gasteiger partial charge in [-0.05, 0) is 36.1 Å². The van der Waals surface area contributed by atoms with Crippen LogP contribution in [0, 0.1) is 0 Å². The lowest BCUT2D eigenvalue weighted by atomic mass is 9.75. The van der Waals surface area contributed by atoms with E-state index in [1.54, 1.807) is 11.1 Å². The number of primary amides is 1. The molecule has 2 amide bonds. The van der Waals surface area contributed by atoms with Gasteiger partial charge in [0.25, 0.3) is 0 Å². The summed E-state index contributed by atoms with van der Waals surface area (Å²) in [6, 6.07) is 25.0. The van der Waals surface area contributed by atoms with E-state index in [0.29, 0.717) is 25.1 Å². The maximum atomic E-state index is 13.8. The first-order valence-corrected chi connectivity index (χ1v) is 10.2. The summed E-state index contributed by atoms with van der Waals surface area (Å²) in [5, 5.41) is 0. The van der Waals surface area contributed by atoms with Crippen molar-refractivity contribution in [3.8, 4) is 0 Å². The molecule has 2 N–H and O–H groups in total. The van der Waals surface area contributed by atoms with E-state index in [1.165, 1.54) is 0 Å². The van der Waals surface area contributed by atoms with Gasteiger partial charge in [-0.25, -0.2) is 0 Å². The molecule has 0 unspecified atom stereocenters. The molecule has 0 radical (unpaired) electrons. The van der Waals surface area contributed by atoms with E-state index in [0.717, 1.165) is 11.1 Å². The standard InChI is InChI=1S/C25H25N3O2/c26-24(30)25(21-14-7-8-16-27-21)15-9-17-28(18-25)23(29)22(19-10-3-1-4-11-19)20-12-5-2-6-13-20/h1-8,10-14,16,22H,9,15,17-18H2,(H2,26,30)/t25-/m0/s1. The van der Waals surface area contributed by atoms with Gasteiger partial charge in [-0.3, -0.25) is 14.6 Å². The van der Waals surface area contributed by atoms with Crippen molar-refractivity contribution in [1.82, 2.24) is 9.88 Å². The van der Waals surface area contributed by atoms with Gasteiger partial charge in [0, 0.05) is 19.3 Å². The number of hydrogen-bond donors (Lipinski definition) is 1. The average molecular weight is 399 g/mol. The first-order chi connectivity index (χ1) is 14.6. The number of rotatable bonds is 5. The van der Waals surface area contributed by atoms with Crippen molar-refractivity contribution in [3.05, 3.63) is 102 Å². The van der Waals surface area contributed by atoms with Crippen LogP contribution in [0.1, 0.15) is 35.6 Å². The number of piperidine rings is 1. The van der Waals surface area contributed by atoms with Gasteiger partial charge in [0.1, 0.15) is 5.41 Å². The Morgan fingerprint density at radius 2 is 1.50 bits per heavy atom. The zero-order valence-electron chi connectivity index (χ0n) is 16.8. The highest BCUT2D eigenvalue weighted by Gasteiger charge is 2.45. The van der Waals surface area contributed by atoms with Gasteiger partial charge in [0.05, 0.1) is 11.6 Å². The topological polar surface area (TPSA) is 76.3 Å². The monoisotopic (exact) mass is 399 g/mol. The van der Waals surface area contributed by atoms with Crippen LogP contribution >= 0.6 is 0 Å². The Bertz CT molecular complexity index is 969. The van der Waals surface area contributed by atoms with E-state index < -0.39 is 17.2 Å². The number of nitrogens with two attached hydrogens (primary N) is 1. The van der Waals surface area contributed by atoms with Crippen molar-refractivity contribution in [3.63, 3.8) is 0 Å². The zero-order valence-corrected chi connectivity index (χ0v) is 16.8. The van der Waals surface area contributed by atoms with E-state index >= 15 is 0 Å². The van der Waals surface area contributed by atoms with Crippen LogP contribution in [0.5, 0.6) is 0 Å². The molecule has 0 spiro atoms.